The first-order valence-electron chi connectivity index (χ1n) is 9.37. The number of hydrogen-bond donors (Lipinski definition) is 2. The Morgan fingerprint density at radius 2 is 1.90 bits per heavy atom. The van der Waals surface area contributed by atoms with Gasteiger partial charge in [0.25, 0.3) is 0 Å². The number of pyridine rings is 1. The highest BCUT2D eigenvalue weighted by molar-refractivity contribution is 6.05. The predicted molar refractivity (Wildman–Crippen MR) is 108 cm³/mol. The number of aromatic nitrogens is 5. The van der Waals surface area contributed by atoms with Crippen LogP contribution in [0.1, 0.15) is 0 Å². The number of H-pyrrole nitrogens is 2. The normalized spacial score (nSPS) is 15.0. The van der Waals surface area contributed by atoms with Crippen LogP contribution in [0.5, 0.6) is 0 Å². The second-order valence-corrected chi connectivity index (χ2v) is 6.95. The van der Waals surface area contributed by atoms with Crippen molar-refractivity contribution >= 4 is 39.1 Å². The highest BCUT2D eigenvalue weighted by Crippen LogP contribution is 2.34. The second-order valence-electron chi connectivity index (χ2n) is 6.95. The number of anilines is 1. The molecule has 5 aromatic rings. The molecule has 5 heterocycles. The highest BCUT2D eigenvalue weighted by Gasteiger charge is 2.23. The standard InChI is InChI=1S/C20H16N6O3/c27-20-22-13-4-3-11(10-14(13)23-20)17-24-15-12-2-1-5-21-19(12)29-16(15)18(25-17)26-6-8-28-9-7-26/h1-5,10H,6-9H2,(H2,22,23,27). The SMILES string of the molecule is O=c1[nH]c2ccc(-c3nc(N4CCOCC4)c4oc5ncccc5c4n3)cc2[nH]1. The summed E-state index contributed by atoms with van der Waals surface area (Å²) >= 11 is 0. The van der Waals surface area contributed by atoms with Crippen molar-refractivity contribution in [3.63, 3.8) is 0 Å². The van der Waals surface area contributed by atoms with Gasteiger partial charge in [0.2, 0.25) is 5.71 Å². The van der Waals surface area contributed by atoms with Gasteiger partial charge in [0.05, 0.1) is 29.6 Å². The third-order valence-electron chi connectivity index (χ3n) is 5.16. The molecule has 1 fully saturated rings. The molecule has 1 saturated heterocycles. The minimum absolute atomic E-state index is 0.241. The molecule has 0 bridgehead atoms. The molecule has 2 N–H and O–H groups in total. The summed E-state index contributed by atoms with van der Waals surface area (Å²) in [4.78, 5) is 33.3. The molecular weight excluding hydrogens is 372 g/mol. The van der Waals surface area contributed by atoms with Gasteiger partial charge in [-0.25, -0.2) is 19.7 Å². The molecule has 1 aromatic carbocycles. The van der Waals surface area contributed by atoms with Crippen LogP contribution in [0.25, 0.3) is 44.6 Å². The fourth-order valence-electron chi connectivity index (χ4n) is 3.75. The van der Waals surface area contributed by atoms with Gasteiger partial charge in [-0.1, -0.05) is 0 Å². The Kier molecular flexibility index (Phi) is 3.44. The van der Waals surface area contributed by atoms with Crippen molar-refractivity contribution in [3.8, 4) is 11.4 Å². The Hall–Kier alpha value is -3.72. The summed E-state index contributed by atoms with van der Waals surface area (Å²) in [6.45, 7) is 2.71. The van der Waals surface area contributed by atoms with E-state index in [0.29, 0.717) is 35.9 Å². The maximum atomic E-state index is 11.6. The van der Waals surface area contributed by atoms with Crippen LogP contribution in [0, 0.1) is 0 Å². The number of nitrogens with one attached hydrogen (secondary N) is 2. The Morgan fingerprint density at radius 3 is 2.79 bits per heavy atom. The number of nitrogens with zero attached hydrogens (tertiary/aromatic N) is 4. The molecule has 9 heteroatoms. The van der Waals surface area contributed by atoms with E-state index >= 15 is 0 Å². The van der Waals surface area contributed by atoms with Crippen molar-refractivity contribution in [1.82, 2.24) is 24.9 Å². The van der Waals surface area contributed by atoms with Crippen LogP contribution < -0.4 is 10.6 Å². The summed E-state index contributed by atoms with van der Waals surface area (Å²) < 4.78 is 11.5. The molecule has 0 amide bonds. The molecule has 4 aromatic heterocycles. The molecular formula is C20H16N6O3. The second kappa shape index (κ2) is 6.14. The number of benzene rings is 1. The maximum absolute atomic E-state index is 11.6. The monoisotopic (exact) mass is 388 g/mol. The van der Waals surface area contributed by atoms with Crippen LogP contribution in [0.2, 0.25) is 0 Å². The van der Waals surface area contributed by atoms with Gasteiger partial charge in [0.1, 0.15) is 5.52 Å². The van der Waals surface area contributed by atoms with Crippen LogP contribution >= 0.6 is 0 Å². The molecule has 0 spiro atoms. The van der Waals surface area contributed by atoms with Gasteiger partial charge in [-0.2, -0.15) is 0 Å². The number of ether oxygens (including phenoxy) is 1. The lowest BCUT2D eigenvalue weighted by Crippen LogP contribution is -2.37. The lowest BCUT2D eigenvalue weighted by molar-refractivity contribution is 0.122. The van der Waals surface area contributed by atoms with Gasteiger partial charge in [0, 0.05) is 24.8 Å². The highest BCUT2D eigenvalue weighted by atomic mass is 16.5. The van der Waals surface area contributed by atoms with E-state index in [1.54, 1.807) is 6.20 Å². The largest absolute Gasteiger partial charge is 0.432 e. The van der Waals surface area contributed by atoms with Gasteiger partial charge in [0.15, 0.2) is 17.2 Å². The summed E-state index contributed by atoms with van der Waals surface area (Å²) in [5.74, 6) is 1.29. The summed E-state index contributed by atoms with van der Waals surface area (Å²) in [5, 5.41) is 0.844. The molecule has 9 nitrogen and oxygen atoms in total. The van der Waals surface area contributed by atoms with E-state index < -0.39 is 0 Å². The lowest BCUT2D eigenvalue weighted by atomic mass is 10.1. The van der Waals surface area contributed by atoms with Crippen molar-refractivity contribution in [2.75, 3.05) is 31.2 Å². The van der Waals surface area contributed by atoms with E-state index in [2.05, 4.69) is 19.9 Å². The van der Waals surface area contributed by atoms with Crippen molar-refractivity contribution in [1.29, 1.82) is 0 Å². The van der Waals surface area contributed by atoms with E-state index in [1.165, 1.54) is 0 Å². The first-order valence-corrected chi connectivity index (χ1v) is 9.37. The first kappa shape index (κ1) is 16.3. The smallest absolute Gasteiger partial charge is 0.323 e. The fraction of sp³-hybridized carbons (Fsp3) is 0.200. The minimum atomic E-state index is -0.241. The average molecular weight is 388 g/mol. The summed E-state index contributed by atoms with van der Waals surface area (Å²) in [6.07, 6.45) is 1.70. The van der Waals surface area contributed by atoms with E-state index in [0.717, 1.165) is 40.9 Å². The van der Waals surface area contributed by atoms with E-state index in [9.17, 15) is 4.79 Å². The zero-order valence-electron chi connectivity index (χ0n) is 15.3. The van der Waals surface area contributed by atoms with Crippen molar-refractivity contribution < 1.29 is 9.15 Å². The van der Waals surface area contributed by atoms with Crippen LogP contribution in [-0.2, 0) is 4.74 Å². The Morgan fingerprint density at radius 1 is 1.03 bits per heavy atom. The Labute approximate surface area is 163 Å². The van der Waals surface area contributed by atoms with E-state index in [1.807, 2.05) is 30.3 Å². The molecule has 0 saturated carbocycles. The summed E-state index contributed by atoms with van der Waals surface area (Å²) in [6, 6.07) is 9.43. The van der Waals surface area contributed by atoms with Gasteiger partial charge in [-0.05, 0) is 30.3 Å². The number of furan rings is 1. The summed E-state index contributed by atoms with van der Waals surface area (Å²) in [5.41, 5.74) is 3.91. The molecule has 144 valence electrons. The van der Waals surface area contributed by atoms with Crippen molar-refractivity contribution in [3.05, 3.63) is 47.0 Å². The molecule has 1 aliphatic heterocycles. The van der Waals surface area contributed by atoms with Crippen LogP contribution in [0.4, 0.5) is 5.82 Å². The molecule has 0 aliphatic carbocycles. The number of aromatic amines is 2. The van der Waals surface area contributed by atoms with Crippen LogP contribution in [-0.4, -0.2) is 51.2 Å². The number of rotatable bonds is 2. The zero-order valence-corrected chi connectivity index (χ0v) is 15.3. The number of imidazole rings is 1. The molecule has 0 radical (unpaired) electrons. The molecule has 29 heavy (non-hydrogen) atoms. The molecule has 1 aliphatic rings. The lowest BCUT2D eigenvalue weighted by Gasteiger charge is -2.27. The summed E-state index contributed by atoms with van der Waals surface area (Å²) in [7, 11) is 0. The minimum Gasteiger partial charge on any atom is -0.432 e. The van der Waals surface area contributed by atoms with E-state index in [4.69, 9.17) is 19.1 Å². The third-order valence-corrected chi connectivity index (χ3v) is 5.16. The molecule has 6 rings (SSSR count). The van der Waals surface area contributed by atoms with Crippen LogP contribution in [0.15, 0.2) is 45.7 Å². The van der Waals surface area contributed by atoms with E-state index in [-0.39, 0.29) is 5.69 Å². The number of morpholine rings is 1. The molecule has 0 unspecified atom stereocenters. The number of hydrogen-bond acceptors (Lipinski definition) is 7. The fourth-order valence-corrected chi connectivity index (χ4v) is 3.75. The van der Waals surface area contributed by atoms with Gasteiger partial charge in [-0.3, -0.25) is 0 Å². The first-order chi connectivity index (χ1) is 14.3. The van der Waals surface area contributed by atoms with Crippen LogP contribution in [0.3, 0.4) is 0 Å². The predicted octanol–water partition coefficient (Wildman–Crippen LogP) is 2.44. The quantitative estimate of drug-likeness (QED) is 0.477. The van der Waals surface area contributed by atoms with Gasteiger partial charge in [-0.15, -0.1) is 0 Å². The zero-order chi connectivity index (χ0) is 19.4. The van der Waals surface area contributed by atoms with Crippen molar-refractivity contribution in [2.24, 2.45) is 0 Å². The van der Waals surface area contributed by atoms with Gasteiger partial charge < -0.3 is 24.0 Å². The average Bonchev–Trinajstić information content (AvgIpc) is 3.32. The maximum Gasteiger partial charge on any atom is 0.323 e. The molecule has 0 atom stereocenters. The topological polar surface area (TPSA) is 113 Å². The Balaban J connectivity index is 1.62. The number of fused-ring (bicyclic) bond motifs is 4. The Bertz CT molecular complexity index is 1430. The third kappa shape index (κ3) is 2.59. The van der Waals surface area contributed by atoms with Gasteiger partial charge >= 0.3 is 5.69 Å². The van der Waals surface area contributed by atoms with Crippen molar-refractivity contribution in [2.45, 2.75) is 0 Å².